The minimum atomic E-state index is -0.0329. The highest BCUT2D eigenvalue weighted by atomic mass is 16.5. The van der Waals surface area contributed by atoms with Gasteiger partial charge in [-0.2, -0.15) is 0 Å². The van der Waals surface area contributed by atoms with Crippen molar-refractivity contribution in [1.82, 2.24) is 20.2 Å². The van der Waals surface area contributed by atoms with Crippen LogP contribution in [-0.2, 0) is 15.9 Å². The molecule has 3 aromatic rings. The van der Waals surface area contributed by atoms with Gasteiger partial charge in [0.15, 0.2) is 0 Å². The quantitative estimate of drug-likeness (QED) is 0.474. The Hall–Kier alpha value is -3.95. The van der Waals surface area contributed by atoms with E-state index in [1.165, 1.54) is 0 Å². The predicted molar refractivity (Wildman–Crippen MR) is 154 cm³/mol. The van der Waals surface area contributed by atoms with Gasteiger partial charge in [0.25, 0.3) is 11.8 Å². The van der Waals surface area contributed by atoms with E-state index >= 15 is 0 Å². The summed E-state index contributed by atoms with van der Waals surface area (Å²) in [4.78, 5) is 37.9. The van der Waals surface area contributed by atoms with Gasteiger partial charge in [0.1, 0.15) is 0 Å². The van der Waals surface area contributed by atoms with Crippen molar-refractivity contribution in [3.05, 3.63) is 70.7 Å². The number of H-pyrrole nitrogens is 1. The van der Waals surface area contributed by atoms with Crippen molar-refractivity contribution in [2.75, 3.05) is 58.0 Å². The van der Waals surface area contributed by atoms with E-state index in [1.54, 1.807) is 13.3 Å². The third kappa shape index (κ3) is 5.39. The van der Waals surface area contributed by atoms with E-state index in [4.69, 9.17) is 9.47 Å². The van der Waals surface area contributed by atoms with Crippen LogP contribution in [0.3, 0.4) is 0 Å². The molecule has 0 spiro atoms. The first kappa shape index (κ1) is 26.3. The Kier molecular flexibility index (Phi) is 7.66. The summed E-state index contributed by atoms with van der Waals surface area (Å²) in [7, 11) is 1.69. The summed E-state index contributed by atoms with van der Waals surface area (Å²) >= 11 is 0. The summed E-state index contributed by atoms with van der Waals surface area (Å²) in [5.41, 5.74) is 7.11. The van der Waals surface area contributed by atoms with E-state index in [1.807, 2.05) is 47.4 Å². The Bertz CT molecular complexity index is 1420. The summed E-state index contributed by atoms with van der Waals surface area (Å²) in [5, 5.41) is 2.90. The molecule has 6 rings (SSSR count). The molecule has 40 heavy (non-hydrogen) atoms. The molecule has 1 atom stereocenters. The molecule has 5 heterocycles. The molecule has 2 amide bonds. The van der Waals surface area contributed by atoms with E-state index < -0.39 is 0 Å². The normalized spacial score (nSPS) is 19.2. The lowest BCUT2D eigenvalue weighted by Crippen LogP contribution is -2.39. The molecule has 3 aliphatic heterocycles. The van der Waals surface area contributed by atoms with Gasteiger partial charge in [0, 0.05) is 74.1 Å². The van der Waals surface area contributed by atoms with E-state index in [9.17, 15) is 9.59 Å². The van der Waals surface area contributed by atoms with Crippen LogP contribution in [0.25, 0.3) is 23.4 Å². The number of rotatable bonds is 7. The highest BCUT2D eigenvalue weighted by molar-refractivity contribution is 5.98. The number of hydrogen-bond donors (Lipinski definition) is 2. The van der Waals surface area contributed by atoms with E-state index in [0.29, 0.717) is 37.5 Å². The van der Waals surface area contributed by atoms with E-state index in [0.717, 1.165) is 72.8 Å². The van der Waals surface area contributed by atoms with Gasteiger partial charge in [0.2, 0.25) is 0 Å². The molecule has 9 nitrogen and oxygen atoms in total. The molecule has 1 aromatic carbocycles. The van der Waals surface area contributed by atoms with Crippen LogP contribution in [0.4, 0.5) is 5.69 Å². The second kappa shape index (κ2) is 11.7. The summed E-state index contributed by atoms with van der Waals surface area (Å²) in [6.07, 6.45) is 8.61. The number of likely N-dealkylation sites (tertiary alicyclic amines) is 1. The number of amides is 2. The Morgan fingerprint density at radius 3 is 2.85 bits per heavy atom. The van der Waals surface area contributed by atoms with Crippen molar-refractivity contribution in [3.63, 3.8) is 0 Å². The number of ether oxygens (including phenoxy) is 2. The lowest BCUT2D eigenvalue weighted by molar-refractivity contribution is 0.0630. The highest BCUT2D eigenvalue weighted by Crippen LogP contribution is 2.29. The van der Waals surface area contributed by atoms with Crippen LogP contribution >= 0.6 is 0 Å². The first-order valence-corrected chi connectivity index (χ1v) is 14.0. The van der Waals surface area contributed by atoms with Gasteiger partial charge in [-0.15, -0.1) is 0 Å². The molecule has 0 unspecified atom stereocenters. The molecular formula is C31H35N5O4. The maximum Gasteiger partial charge on any atom is 0.254 e. The average Bonchev–Trinajstić information content (AvgIpc) is 3.65. The summed E-state index contributed by atoms with van der Waals surface area (Å²) in [5.74, 6) is 0.0238. The molecule has 0 saturated carbocycles. The van der Waals surface area contributed by atoms with Gasteiger partial charge in [-0.25, -0.2) is 0 Å². The third-order valence-electron chi connectivity index (χ3n) is 7.96. The SMILES string of the molecule is COC[C@@H]1CCCN1C(=O)c1ccc(/C=C/c2cc(-c3cc4c([nH]3)CCNC4=O)ccn2)c(N2CCOCC2)c1. The number of nitrogens with zero attached hydrogens (tertiary/aromatic N) is 3. The number of methoxy groups -OCH3 is 1. The Balaban J connectivity index is 1.27. The monoisotopic (exact) mass is 541 g/mol. The third-order valence-corrected chi connectivity index (χ3v) is 7.96. The first-order chi connectivity index (χ1) is 19.6. The molecule has 2 aromatic heterocycles. The van der Waals surface area contributed by atoms with Gasteiger partial charge >= 0.3 is 0 Å². The van der Waals surface area contributed by atoms with Gasteiger partial charge in [-0.1, -0.05) is 12.1 Å². The fraction of sp³-hybridized carbons (Fsp3) is 0.387. The molecule has 2 saturated heterocycles. The Morgan fingerprint density at radius 1 is 1.15 bits per heavy atom. The zero-order chi connectivity index (χ0) is 27.5. The Morgan fingerprint density at radius 2 is 2.02 bits per heavy atom. The Labute approximate surface area is 234 Å². The number of hydrogen-bond acceptors (Lipinski definition) is 6. The zero-order valence-corrected chi connectivity index (χ0v) is 22.8. The van der Waals surface area contributed by atoms with Crippen molar-refractivity contribution >= 4 is 29.7 Å². The summed E-state index contributed by atoms with van der Waals surface area (Å²) in [6.45, 7) is 4.83. The van der Waals surface area contributed by atoms with Crippen molar-refractivity contribution in [2.24, 2.45) is 0 Å². The number of anilines is 1. The number of aromatic amines is 1. The molecule has 208 valence electrons. The van der Waals surface area contributed by atoms with Gasteiger partial charge < -0.3 is 29.6 Å². The minimum Gasteiger partial charge on any atom is -0.383 e. The van der Waals surface area contributed by atoms with Crippen LogP contribution < -0.4 is 10.2 Å². The molecule has 0 bridgehead atoms. The van der Waals surface area contributed by atoms with Crippen LogP contribution in [0.5, 0.6) is 0 Å². The van der Waals surface area contributed by atoms with E-state index in [-0.39, 0.29) is 17.9 Å². The second-order valence-electron chi connectivity index (χ2n) is 10.5. The number of carbonyl (C=O) groups is 2. The number of fused-ring (bicyclic) bond motifs is 1. The molecule has 2 N–H and O–H groups in total. The van der Waals surface area contributed by atoms with Crippen LogP contribution in [-0.4, -0.2) is 85.8 Å². The van der Waals surface area contributed by atoms with Crippen LogP contribution in [0.2, 0.25) is 0 Å². The first-order valence-electron chi connectivity index (χ1n) is 14.0. The van der Waals surface area contributed by atoms with Gasteiger partial charge in [0.05, 0.1) is 37.1 Å². The highest BCUT2D eigenvalue weighted by Gasteiger charge is 2.30. The fourth-order valence-corrected chi connectivity index (χ4v) is 5.86. The number of carbonyl (C=O) groups excluding carboxylic acids is 2. The van der Waals surface area contributed by atoms with Crippen LogP contribution in [0.15, 0.2) is 42.6 Å². The lowest BCUT2D eigenvalue weighted by atomic mass is 10.0. The zero-order valence-electron chi connectivity index (χ0n) is 22.8. The predicted octanol–water partition coefficient (Wildman–Crippen LogP) is 3.62. The maximum absolute atomic E-state index is 13.5. The average molecular weight is 542 g/mol. The lowest BCUT2D eigenvalue weighted by Gasteiger charge is -2.31. The van der Waals surface area contributed by atoms with Crippen molar-refractivity contribution in [2.45, 2.75) is 25.3 Å². The van der Waals surface area contributed by atoms with Crippen LogP contribution in [0, 0.1) is 0 Å². The molecule has 9 heteroatoms. The summed E-state index contributed by atoms with van der Waals surface area (Å²) in [6, 6.07) is 12.0. The number of morpholine rings is 1. The van der Waals surface area contributed by atoms with Crippen molar-refractivity contribution in [3.8, 4) is 11.3 Å². The van der Waals surface area contributed by atoms with E-state index in [2.05, 4.69) is 26.3 Å². The smallest absolute Gasteiger partial charge is 0.254 e. The fourth-order valence-electron chi connectivity index (χ4n) is 5.86. The van der Waals surface area contributed by atoms with Gasteiger partial charge in [-0.05, 0) is 54.8 Å². The number of aromatic nitrogens is 2. The standard InChI is InChI=1S/C31H35N5O4/c1-39-20-25-3-2-12-36(25)31(38)23-5-4-21(29(18-23)35-13-15-40-16-14-35)6-7-24-17-22(8-10-32-24)28-19-26-27(34-28)9-11-33-30(26)37/h4-8,10,17-19,25,34H,2-3,9,11-16,20H2,1H3,(H,33,37)/b7-6+/t25-/m0/s1. The molecular weight excluding hydrogens is 506 g/mol. The molecule has 0 radical (unpaired) electrons. The van der Waals surface area contributed by atoms with Gasteiger partial charge in [-0.3, -0.25) is 14.6 Å². The van der Waals surface area contributed by atoms with Crippen molar-refractivity contribution < 1.29 is 19.1 Å². The maximum atomic E-state index is 13.5. The largest absolute Gasteiger partial charge is 0.383 e. The molecule has 0 aliphatic carbocycles. The molecule has 3 aliphatic rings. The second-order valence-corrected chi connectivity index (χ2v) is 10.5. The summed E-state index contributed by atoms with van der Waals surface area (Å²) < 4.78 is 11.0. The topological polar surface area (TPSA) is 99.8 Å². The minimum absolute atomic E-state index is 0.0329. The number of nitrogens with one attached hydrogen (secondary N) is 2. The van der Waals surface area contributed by atoms with Crippen molar-refractivity contribution in [1.29, 1.82) is 0 Å². The number of benzene rings is 1. The van der Waals surface area contributed by atoms with Crippen LogP contribution in [0.1, 0.15) is 50.5 Å². The number of pyridine rings is 1. The molecule has 2 fully saturated rings.